The van der Waals surface area contributed by atoms with Gasteiger partial charge in [0, 0.05) is 19.1 Å². The normalized spacial score (nSPS) is 19.7. The lowest BCUT2D eigenvalue weighted by molar-refractivity contribution is -0.121. The summed E-state index contributed by atoms with van der Waals surface area (Å²) in [6, 6.07) is -0.135. The van der Waals surface area contributed by atoms with Crippen molar-refractivity contribution in [1.29, 1.82) is 0 Å². The maximum Gasteiger partial charge on any atom is 0.321 e. The third-order valence-electron chi connectivity index (χ3n) is 3.38. The molecule has 1 unspecified atom stereocenters. The quantitative estimate of drug-likeness (QED) is 0.647. The van der Waals surface area contributed by atoms with Crippen molar-refractivity contribution in [3.8, 4) is 0 Å². The van der Waals surface area contributed by atoms with E-state index in [4.69, 9.17) is 5.73 Å². The fraction of sp³-hybridized carbons (Fsp3) is 0.846. The molecule has 19 heavy (non-hydrogen) atoms. The lowest BCUT2D eigenvalue weighted by Gasteiger charge is -2.22. The summed E-state index contributed by atoms with van der Waals surface area (Å²) in [5.74, 6) is 0.272. The maximum atomic E-state index is 11.7. The molecule has 1 fully saturated rings. The molecule has 1 aliphatic heterocycles. The van der Waals surface area contributed by atoms with E-state index in [0.717, 1.165) is 25.8 Å². The standard InChI is InChI=1S/C13H26N4O2/c1-10(2)5-6-15-13(19)16-12(18)9-17-7-3-4-11(17)8-14/h10-11H,3-9,14H2,1-2H3,(H2,15,16,18,19). The number of hydrogen-bond donors (Lipinski definition) is 3. The summed E-state index contributed by atoms with van der Waals surface area (Å²) in [7, 11) is 0. The summed E-state index contributed by atoms with van der Waals surface area (Å²) in [6.07, 6.45) is 3.00. The van der Waals surface area contributed by atoms with E-state index >= 15 is 0 Å². The van der Waals surface area contributed by atoms with E-state index in [1.165, 1.54) is 0 Å². The average Bonchev–Trinajstić information content (AvgIpc) is 2.75. The number of likely N-dealkylation sites (tertiary alicyclic amines) is 1. The molecule has 0 spiro atoms. The zero-order valence-electron chi connectivity index (χ0n) is 11.9. The molecule has 110 valence electrons. The summed E-state index contributed by atoms with van der Waals surface area (Å²) in [6.45, 7) is 6.46. The van der Waals surface area contributed by atoms with Crippen LogP contribution < -0.4 is 16.4 Å². The third-order valence-corrected chi connectivity index (χ3v) is 3.38. The number of carbonyl (C=O) groups excluding carboxylic acids is 2. The Kier molecular flexibility index (Phi) is 6.80. The Morgan fingerprint density at radius 3 is 2.79 bits per heavy atom. The molecule has 0 aromatic rings. The van der Waals surface area contributed by atoms with Crippen LogP contribution in [-0.2, 0) is 4.79 Å². The van der Waals surface area contributed by atoms with Gasteiger partial charge in [-0.25, -0.2) is 4.79 Å². The first-order valence-corrected chi connectivity index (χ1v) is 7.04. The minimum absolute atomic E-state index is 0.249. The number of nitrogens with two attached hydrogens (primary N) is 1. The molecule has 1 saturated heterocycles. The van der Waals surface area contributed by atoms with Crippen LogP contribution in [-0.4, -0.2) is 49.1 Å². The van der Waals surface area contributed by atoms with E-state index in [1.54, 1.807) is 0 Å². The summed E-state index contributed by atoms with van der Waals surface area (Å²) < 4.78 is 0. The number of urea groups is 1. The first-order valence-electron chi connectivity index (χ1n) is 7.04. The largest absolute Gasteiger partial charge is 0.338 e. The summed E-state index contributed by atoms with van der Waals surface area (Å²) in [4.78, 5) is 25.2. The Bertz CT molecular complexity index is 307. The van der Waals surface area contributed by atoms with Gasteiger partial charge in [0.15, 0.2) is 0 Å². The molecule has 1 rings (SSSR count). The van der Waals surface area contributed by atoms with E-state index in [9.17, 15) is 9.59 Å². The highest BCUT2D eigenvalue weighted by molar-refractivity contribution is 5.95. The van der Waals surface area contributed by atoms with Crippen molar-refractivity contribution < 1.29 is 9.59 Å². The summed E-state index contributed by atoms with van der Waals surface area (Å²) in [5.41, 5.74) is 5.64. The van der Waals surface area contributed by atoms with Crippen LogP contribution in [0.25, 0.3) is 0 Å². The molecule has 1 atom stereocenters. The van der Waals surface area contributed by atoms with Gasteiger partial charge < -0.3 is 11.1 Å². The number of hydrogen-bond acceptors (Lipinski definition) is 4. The van der Waals surface area contributed by atoms with Crippen molar-refractivity contribution >= 4 is 11.9 Å². The van der Waals surface area contributed by atoms with Crippen molar-refractivity contribution in [1.82, 2.24) is 15.5 Å². The van der Waals surface area contributed by atoms with Crippen LogP contribution in [0.3, 0.4) is 0 Å². The molecule has 0 aromatic heterocycles. The van der Waals surface area contributed by atoms with Crippen LogP contribution in [0.2, 0.25) is 0 Å². The van der Waals surface area contributed by atoms with Gasteiger partial charge in [-0.15, -0.1) is 0 Å². The van der Waals surface area contributed by atoms with Gasteiger partial charge in [0.25, 0.3) is 0 Å². The molecule has 0 bridgehead atoms. The molecular weight excluding hydrogens is 244 g/mol. The van der Waals surface area contributed by atoms with Gasteiger partial charge in [-0.3, -0.25) is 15.0 Å². The van der Waals surface area contributed by atoms with Gasteiger partial charge in [-0.05, 0) is 31.7 Å². The number of carbonyl (C=O) groups is 2. The highest BCUT2D eigenvalue weighted by Gasteiger charge is 2.25. The molecule has 6 nitrogen and oxygen atoms in total. The second-order valence-corrected chi connectivity index (χ2v) is 5.49. The molecule has 3 amide bonds. The Hall–Kier alpha value is -1.14. The monoisotopic (exact) mass is 270 g/mol. The SMILES string of the molecule is CC(C)CCNC(=O)NC(=O)CN1CCCC1CN. The van der Waals surface area contributed by atoms with Crippen LogP contribution in [0.1, 0.15) is 33.1 Å². The van der Waals surface area contributed by atoms with E-state index < -0.39 is 6.03 Å². The predicted octanol–water partition coefficient (Wildman–Crippen LogP) is 0.281. The highest BCUT2D eigenvalue weighted by atomic mass is 16.2. The van der Waals surface area contributed by atoms with Crippen molar-refractivity contribution in [2.45, 2.75) is 39.2 Å². The van der Waals surface area contributed by atoms with Crippen molar-refractivity contribution in [3.63, 3.8) is 0 Å². The fourth-order valence-corrected chi connectivity index (χ4v) is 2.24. The van der Waals surface area contributed by atoms with Crippen LogP contribution >= 0.6 is 0 Å². The molecule has 1 heterocycles. The Labute approximate surface area is 115 Å². The molecule has 4 N–H and O–H groups in total. The minimum Gasteiger partial charge on any atom is -0.338 e. The highest BCUT2D eigenvalue weighted by Crippen LogP contribution is 2.14. The molecular formula is C13H26N4O2. The Morgan fingerprint density at radius 2 is 2.16 bits per heavy atom. The Morgan fingerprint density at radius 1 is 1.42 bits per heavy atom. The van der Waals surface area contributed by atoms with Crippen LogP contribution in [0.15, 0.2) is 0 Å². The first kappa shape index (κ1) is 15.9. The van der Waals surface area contributed by atoms with Crippen LogP contribution in [0.4, 0.5) is 4.79 Å². The maximum absolute atomic E-state index is 11.7. The van der Waals surface area contributed by atoms with Crippen molar-refractivity contribution in [2.75, 3.05) is 26.2 Å². The molecule has 0 radical (unpaired) electrons. The molecule has 1 aliphatic rings. The molecule has 0 aromatic carbocycles. The number of nitrogens with one attached hydrogen (secondary N) is 2. The van der Waals surface area contributed by atoms with Gasteiger partial charge in [-0.2, -0.15) is 0 Å². The topological polar surface area (TPSA) is 87.5 Å². The molecule has 0 aliphatic carbocycles. The van der Waals surface area contributed by atoms with E-state index in [1.807, 2.05) is 4.90 Å². The Balaban J connectivity index is 2.21. The lowest BCUT2D eigenvalue weighted by Crippen LogP contribution is -2.47. The average molecular weight is 270 g/mol. The fourth-order valence-electron chi connectivity index (χ4n) is 2.24. The zero-order valence-corrected chi connectivity index (χ0v) is 11.9. The number of nitrogens with zero attached hydrogens (tertiary/aromatic N) is 1. The molecule has 0 saturated carbocycles. The minimum atomic E-state index is -0.408. The van der Waals surface area contributed by atoms with Gasteiger partial charge >= 0.3 is 6.03 Å². The molecule has 6 heteroatoms. The lowest BCUT2D eigenvalue weighted by atomic mass is 10.1. The second kappa shape index (κ2) is 8.12. The number of imide groups is 1. The van der Waals surface area contributed by atoms with Gasteiger partial charge in [0.2, 0.25) is 5.91 Å². The first-order chi connectivity index (χ1) is 9.02. The summed E-state index contributed by atoms with van der Waals surface area (Å²) >= 11 is 0. The van der Waals surface area contributed by atoms with E-state index in [2.05, 4.69) is 24.5 Å². The second-order valence-electron chi connectivity index (χ2n) is 5.49. The summed E-state index contributed by atoms with van der Waals surface area (Å²) in [5, 5.41) is 5.03. The van der Waals surface area contributed by atoms with Crippen LogP contribution in [0, 0.1) is 5.92 Å². The van der Waals surface area contributed by atoms with Gasteiger partial charge in [-0.1, -0.05) is 13.8 Å². The smallest absolute Gasteiger partial charge is 0.321 e. The number of rotatable bonds is 6. The number of amides is 3. The predicted molar refractivity (Wildman–Crippen MR) is 74.6 cm³/mol. The van der Waals surface area contributed by atoms with E-state index in [0.29, 0.717) is 19.0 Å². The van der Waals surface area contributed by atoms with Gasteiger partial charge in [0.1, 0.15) is 0 Å². The third kappa shape index (κ3) is 6.02. The van der Waals surface area contributed by atoms with Crippen LogP contribution in [0.5, 0.6) is 0 Å². The zero-order chi connectivity index (χ0) is 14.3. The van der Waals surface area contributed by atoms with Crippen molar-refractivity contribution in [3.05, 3.63) is 0 Å². The van der Waals surface area contributed by atoms with Crippen molar-refractivity contribution in [2.24, 2.45) is 11.7 Å². The van der Waals surface area contributed by atoms with Gasteiger partial charge in [0.05, 0.1) is 6.54 Å². The van der Waals surface area contributed by atoms with E-state index in [-0.39, 0.29) is 18.5 Å².